The van der Waals surface area contributed by atoms with Gasteiger partial charge in [-0.2, -0.15) is 0 Å². The molecule has 1 aromatic heterocycles. The van der Waals surface area contributed by atoms with E-state index < -0.39 is 5.60 Å². The number of benzene rings is 1. The number of aliphatic imine (C=N–C) groups is 1. The summed E-state index contributed by atoms with van der Waals surface area (Å²) in [6.45, 7) is 6.56. The van der Waals surface area contributed by atoms with E-state index in [9.17, 15) is 5.11 Å². The number of ether oxygens (including phenoxy) is 2. The Morgan fingerprint density at radius 1 is 1.27 bits per heavy atom. The van der Waals surface area contributed by atoms with Crippen LogP contribution in [-0.4, -0.2) is 30.8 Å². The molecule has 4 N–H and O–H groups in total. The lowest BCUT2D eigenvalue weighted by atomic mass is 10.0. The number of hydrogen-bond acceptors (Lipinski definition) is 5. The Hall–Kier alpha value is -1.94. The summed E-state index contributed by atoms with van der Waals surface area (Å²) in [4.78, 5) is 4.20. The van der Waals surface area contributed by atoms with Crippen molar-refractivity contribution < 1.29 is 19.0 Å². The molecule has 2 rings (SSSR count). The topological polar surface area (TPSA) is 102 Å². The van der Waals surface area contributed by atoms with Gasteiger partial charge in [-0.1, -0.05) is 0 Å². The lowest BCUT2D eigenvalue weighted by molar-refractivity contribution is 0.0438. The van der Waals surface area contributed by atoms with Gasteiger partial charge in [-0.3, -0.25) is 0 Å². The van der Waals surface area contributed by atoms with E-state index in [0.29, 0.717) is 36.2 Å². The molecule has 0 fully saturated rings. The molecular weight excluding hydrogens is 449 g/mol. The van der Waals surface area contributed by atoms with E-state index >= 15 is 0 Å². The minimum Gasteiger partial charge on any atom is -0.494 e. The molecule has 144 valence electrons. The maximum Gasteiger partial charge on any atom is 0.193 e. The van der Waals surface area contributed by atoms with Gasteiger partial charge in [0.1, 0.15) is 22.9 Å². The molecule has 0 saturated carbocycles. The van der Waals surface area contributed by atoms with Crippen LogP contribution in [0.5, 0.6) is 11.5 Å². The Balaban J connectivity index is 0.00000338. The first-order chi connectivity index (χ1) is 12.0. The molecule has 0 bridgehead atoms. The van der Waals surface area contributed by atoms with Crippen molar-refractivity contribution >= 4 is 35.6 Å². The molecule has 7 nitrogen and oxygen atoms in total. The predicted octanol–water partition coefficient (Wildman–Crippen LogP) is 3.33. The zero-order valence-corrected chi connectivity index (χ0v) is 17.5. The van der Waals surface area contributed by atoms with Crippen LogP contribution in [0.3, 0.4) is 0 Å². The zero-order chi connectivity index (χ0) is 18.3. The molecule has 1 atom stereocenters. The Kier molecular flexibility index (Phi) is 8.73. The summed E-state index contributed by atoms with van der Waals surface area (Å²) in [5.74, 6) is 1.92. The molecule has 0 aliphatic rings. The van der Waals surface area contributed by atoms with Crippen LogP contribution >= 0.6 is 24.0 Å². The Bertz CT molecular complexity index is 702. The molecule has 1 heterocycles. The summed E-state index contributed by atoms with van der Waals surface area (Å²) in [5.41, 5.74) is 5.36. The molecule has 1 aromatic carbocycles. The van der Waals surface area contributed by atoms with E-state index in [1.807, 2.05) is 26.0 Å². The number of hydrogen-bond donors (Lipinski definition) is 3. The monoisotopic (exact) mass is 475 g/mol. The molecule has 8 heteroatoms. The van der Waals surface area contributed by atoms with E-state index in [1.54, 1.807) is 25.1 Å². The third-order valence-corrected chi connectivity index (χ3v) is 3.43. The second kappa shape index (κ2) is 10.3. The molecule has 0 amide bonds. The number of nitrogens with two attached hydrogens (primary N) is 1. The summed E-state index contributed by atoms with van der Waals surface area (Å²) in [5, 5.41) is 13.4. The molecule has 0 aliphatic heterocycles. The molecular formula is C18H26IN3O4. The third kappa shape index (κ3) is 6.10. The number of furan rings is 1. The maximum atomic E-state index is 10.4. The average Bonchev–Trinajstić information content (AvgIpc) is 3.11. The highest BCUT2D eigenvalue weighted by Gasteiger charge is 2.25. The smallest absolute Gasteiger partial charge is 0.193 e. The maximum absolute atomic E-state index is 10.4. The minimum atomic E-state index is -1.24. The number of guanidine groups is 1. The van der Waals surface area contributed by atoms with Gasteiger partial charge in [0, 0.05) is 6.07 Å². The van der Waals surface area contributed by atoms with Crippen LogP contribution < -0.4 is 20.5 Å². The summed E-state index contributed by atoms with van der Waals surface area (Å²) < 4.78 is 16.3. The standard InChI is InChI=1S/C18H25N3O4.HI/c1-4-23-13-8-9-15(24-5-2)14(11-13)21-17(19)20-12-18(3,22)16-7-6-10-25-16;/h6-11,22H,4-5,12H2,1-3H3,(H3,19,20,21);1H. The van der Waals surface area contributed by atoms with Crippen molar-refractivity contribution in [2.75, 3.05) is 25.1 Å². The lowest BCUT2D eigenvalue weighted by Crippen LogP contribution is -2.29. The predicted molar refractivity (Wildman–Crippen MR) is 113 cm³/mol. The second-order valence-corrected chi connectivity index (χ2v) is 5.60. The average molecular weight is 475 g/mol. The van der Waals surface area contributed by atoms with Crippen molar-refractivity contribution in [2.24, 2.45) is 10.7 Å². The quantitative estimate of drug-likeness (QED) is 0.308. The Labute approximate surface area is 170 Å². The van der Waals surface area contributed by atoms with Crippen molar-refractivity contribution in [3.63, 3.8) is 0 Å². The van der Waals surface area contributed by atoms with Gasteiger partial charge in [0.2, 0.25) is 0 Å². The largest absolute Gasteiger partial charge is 0.494 e. The molecule has 1 unspecified atom stereocenters. The summed E-state index contributed by atoms with van der Waals surface area (Å²) >= 11 is 0. The van der Waals surface area contributed by atoms with E-state index in [-0.39, 0.29) is 36.5 Å². The van der Waals surface area contributed by atoms with Gasteiger partial charge < -0.3 is 30.0 Å². The number of rotatable bonds is 8. The van der Waals surface area contributed by atoms with E-state index in [2.05, 4.69) is 10.3 Å². The first-order valence-electron chi connectivity index (χ1n) is 8.19. The zero-order valence-electron chi connectivity index (χ0n) is 15.2. The van der Waals surface area contributed by atoms with Crippen LogP contribution in [0.1, 0.15) is 26.5 Å². The summed E-state index contributed by atoms with van der Waals surface area (Å²) in [7, 11) is 0. The third-order valence-electron chi connectivity index (χ3n) is 3.43. The van der Waals surface area contributed by atoms with Gasteiger partial charge >= 0.3 is 0 Å². The molecule has 26 heavy (non-hydrogen) atoms. The Morgan fingerprint density at radius 2 is 2.00 bits per heavy atom. The van der Waals surface area contributed by atoms with Crippen molar-refractivity contribution in [3.05, 3.63) is 42.4 Å². The second-order valence-electron chi connectivity index (χ2n) is 5.60. The van der Waals surface area contributed by atoms with Gasteiger partial charge in [-0.05, 0) is 45.0 Å². The van der Waals surface area contributed by atoms with Crippen LogP contribution in [0, 0.1) is 0 Å². The highest BCUT2D eigenvalue weighted by atomic mass is 127. The van der Waals surface area contributed by atoms with Gasteiger partial charge in [-0.15, -0.1) is 24.0 Å². The van der Waals surface area contributed by atoms with E-state index in [0.717, 1.165) is 0 Å². The number of halogens is 1. The van der Waals surface area contributed by atoms with Crippen molar-refractivity contribution in [1.82, 2.24) is 0 Å². The summed E-state index contributed by atoms with van der Waals surface area (Å²) in [6.07, 6.45) is 1.50. The summed E-state index contributed by atoms with van der Waals surface area (Å²) in [6, 6.07) is 8.83. The fourth-order valence-electron chi connectivity index (χ4n) is 2.22. The van der Waals surface area contributed by atoms with Crippen LogP contribution in [-0.2, 0) is 5.60 Å². The van der Waals surface area contributed by atoms with Crippen molar-refractivity contribution in [3.8, 4) is 11.5 Å². The van der Waals surface area contributed by atoms with Crippen LogP contribution in [0.15, 0.2) is 46.0 Å². The van der Waals surface area contributed by atoms with E-state index in [4.69, 9.17) is 19.6 Å². The molecule has 2 aromatic rings. The first kappa shape index (κ1) is 22.1. The molecule has 0 radical (unpaired) electrons. The van der Waals surface area contributed by atoms with Gasteiger partial charge in [0.25, 0.3) is 0 Å². The number of nitrogens with zero attached hydrogens (tertiary/aromatic N) is 1. The molecule has 0 aliphatic carbocycles. The van der Waals surface area contributed by atoms with Crippen LogP contribution in [0.2, 0.25) is 0 Å². The minimum absolute atomic E-state index is 0. The van der Waals surface area contributed by atoms with Gasteiger partial charge in [0.05, 0.1) is 31.7 Å². The fraction of sp³-hybridized carbons (Fsp3) is 0.389. The van der Waals surface area contributed by atoms with Gasteiger partial charge in [0.15, 0.2) is 5.96 Å². The van der Waals surface area contributed by atoms with Crippen LogP contribution in [0.25, 0.3) is 0 Å². The number of nitrogens with one attached hydrogen (secondary N) is 1. The number of aliphatic hydroxyl groups is 1. The van der Waals surface area contributed by atoms with Gasteiger partial charge in [-0.25, -0.2) is 4.99 Å². The normalized spacial score (nSPS) is 13.5. The fourth-order valence-corrected chi connectivity index (χ4v) is 2.22. The SMILES string of the molecule is CCOc1ccc(OCC)c(NC(N)=NCC(C)(O)c2ccco2)c1.I. The molecule has 0 spiro atoms. The van der Waals surface area contributed by atoms with E-state index in [1.165, 1.54) is 6.26 Å². The molecule has 0 saturated heterocycles. The van der Waals surface area contributed by atoms with Crippen LogP contribution in [0.4, 0.5) is 5.69 Å². The van der Waals surface area contributed by atoms with Crippen molar-refractivity contribution in [2.45, 2.75) is 26.4 Å². The van der Waals surface area contributed by atoms with Crippen molar-refractivity contribution in [1.29, 1.82) is 0 Å². The first-order valence-corrected chi connectivity index (χ1v) is 8.19. The highest BCUT2D eigenvalue weighted by molar-refractivity contribution is 14.0. The number of anilines is 1. The Morgan fingerprint density at radius 3 is 2.62 bits per heavy atom. The highest BCUT2D eigenvalue weighted by Crippen LogP contribution is 2.29. The lowest BCUT2D eigenvalue weighted by Gasteiger charge is -2.19.